The number of benzene rings is 1. The van der Waals surface area contributed by atoms with E-state index >= 15 is 0 Å². The molecule has 0 aliphatic heterocycles. The number of aromatic nitrogens is 2. The highest BCUT2D eigenvalue weighted by Gasteiger charge is 2.22. The number of hydrogen-bond donors (Lipinski definition) is 1. The van der Waals surface area contributed by atoms with Gasteiger partial charge in [0.15, 0.2) is 5.69 Å². The molecule has 5 heteroatoms. The quantitative estimate of drug-likeness (QED) is 0.864. The molecule has 0 bridgehead atoms. The van der Waals surface area contributed by atoms with Crippen LogP contribution in [0.3, 0.4) is 0 Å². The molecule has 112 valence electrons. The van der Waals surface area contributed by atoms with Crippen LogP contribution >= 0.6 is 15.9 Å². The van der Waals surface area contributed by atoms with Crippen molar-refractivity contribution in [2.75, 3.05) is 6.54 Å². The molecule has 21 heavy (non-hydrogen) atoms. The van der Waals surface area contributed by atoms with Crippen molar-refractivity contribution in [2.45, 2.75) is 30.5 Å². The van der Waals surface area contributed by atoms with E-state index in [4.69, 9.17) is 0 Å². The average molecular weight is 350 g/mol. The van der Waals surface area contributed by atoms with Crippen molar-refractivity contribution < 1.29 is 4.79 Å². The molecule has 1 fully saturated rings. The maximum absolute atomic E-state index is 12.4. The summed E-state index contributed by atoms with van der Waals surface area (Å²) in [5.41, 5.74) is 1.51. The van der Waals surface area contributed by atoms with Crippen molar-refractivity contribution in [1.29, 1.82) is 0 Å². The van der Waals surface area contributed by atoms with E-state index in [2.05, 4.69) is 26.3 Å². The predicted octanol–water partition coefficient (Wildman–Crippen LogP) is 3.26. The molecular formula is C16H20BrN3O. The van der Waals surface area contributed by atoms with Gasteiger partial charge in [-0.15, -0.1) is 0 Å². The van der Waals surface area contributed by atoms with Gasteiger partial charge in [0.05, 0.1) is 5.52 Å². The molecule has 0 radical (unpaired) electrons. The lowest BCUT2D eigenvalue weighted by molar-refractivity contribution is 0.0939. The minimum atomic E-state index is -0.0662. The normalized spacial score (nSPS) is 22.4. The lowest BCUT2D eigenvalue weighted by Gasteiger charge is -2.25. The Labute approximate surface area is 133 Å². The molecule has 2 unspecified atom stereocenters. The molecule has 0 saturated heterocycles. The van der Waals surface area contributed by atoms with Crippen molar-refractivity contribution >= 4 is 32.7 Å². The van der Waals surface area contributed by atoms with Crippen molar-refractivity contribution in [1.82, 2.24) is 15.1 Å². The van der Waals surface area contributed by atoms with Crippen LogP contribution in [-0.4, -0.2) is 27.1 Å². The van der Waals surface area contributed by atoms with E-state index in [1.165, 1.54) is 19.3 Å². The average Bonchev–Trinajstić information content (AvgIpc) is 2.83. The molecule has 1 saturated carbocycles. The van der Waals surface area contributed by atoms with E-state index in [0.29, 0.717) is 16.4 Å². The smallest absolute Gasteiger partial charge is 0.272 e. The number of fused-ring (bicyclic) bond motifs is 1. The third-order valence-corrected chi connectivity index (χ3v) is 5.07. The fraction of sp³-hybridized carbons (Fsp3) is 0.500. The number of carbonyl (C=O) groups excluding carboxylic acids is 1. The zero-order valence-corrected chi connectivity index (χ0v) is 13.8. The topological polar surface area (TPSA) is 46.9 Å². The Kier molecular flexibility index (Phi) is 4.29. The van der Waals surface area contributed by atoms with Crippen LogP contribution in [0.5, 0.6) is 0 Å². The summed E-state index contributed by atoms with van der Waals surface area (Å²) >= 11 is 3.69. The summed E-state index contributed by atoms with van der Waals surface area (Å²) in [4.78, 5) is 13.0. The van der Waals surface area contributed by atoms with E-state index in [-0.39, 0.29) is 5.91 Å². The van der Waals surface area contributed by atoms with E-state index < -0.39 is 0 Å². The highest BCUT2D eigenvalue weighted by atomic mass is 79.9. The predicted molar refractivity (Wildman–Crippen MR) is 87.7 cm³/mol. The Morgan fingerprint density at radius 2 is 2.24 bits per heavy atom. The highest BCUT2D eigenvalue weighted by Crippen LogP contribution is 2.28. The maximum atomic E-state index is 12.4. The molecule has 1 aliphatic carbocycles. The van der Waals surface area contributed by atoms with Crippen LogP contribution in [-0.2, 0) is 7.05 Å². The number of para-hydroxylation sites is 1. The van der Waals surface area contributed by atoms with Crippen LogP contribution < -0.4 is 5.32 Å². The molecule has 2 aromatic rings. The van der Waals surface area contributed by atoms with Crippen molar-refractivity contribution in [2.24, 2.45) is 13.0 Å². The van der Waals surface area contributed by atoms with Crippen LogP contribution in [0.4, 0.5) is 0 Å². The first kappa shape index (κ1) is 14.6. The maximum Gasteiger partial charge on any atom is 0.272 e. The third kappa shape index (κ3) is 3.12. The summed E-state index contributed by atoms with van der Waals surface area (Å²) in [6.07, 6.45) is 4.83. The van der Waals surface area contributed by atoms with Gasteiger partial charge in [-0.1, -0.05) is 40.5 Å². The van der Waals surface area contributed by atoms with Gasteiger partial charge in [-0.05, 0) is 31.2 Å². The van der Waals surface area contributed by atoms with E-state index in [1.54, 1.807) is 4.68 Å². The first-order chi connectivity index (χ1) is 10.1. The number of alkyl halides is 1. The Morgan fingerprint density at radius 3 is 3.05 bits per heavy atom. The van der Waals surface area contributed by atoms with Crippen LogP contribution in [0.2, 0.25) is 0 Å². The molecule has 3 rings (SSSR count). The standard InChI is InChI=1S/C16H20BrN3O/c1-20-14-8-3-2-7-13(14)15(19-20)16(21)18-10-11-5-4-6-12(17)9-11/h2-3,7-8,11-12H,4-6,9-10H2,1H3,(H,18,21). The van der Waals surface area contributed by atoms with Crippen LogP contribution in [0.1, 0.15) is 36.2 Å². The molecule has 1 heterocycles. The van der Waals surface area contributed by atoms with E-state index in [0.717, 1.165) is 23.9 Å². The van der Waals surface area contributed by atoms with Crippen molar-refractivity contribution in [3.8, 4) is 0 Å². The lowest BCUT2D eigenvalue weighted by atomic mass is 9.89. The van der Waals surface area contributed by atoms with Gasteiger partial charge >= 0.3 is 0 Å². The number of hydrogen-bond acceptors (Lipinski definition) is 2. The molecule has 1 amide bonds. The minimum Gasteiger partial charge on any atom is -0.350 e. The molecular weight excluding hydrogens is 330 g/mol. The van der Waals surface area contributed by atoms with Gasteiger partial charge in [0.2, 0.25) is 0 Å². The van der Waals surface area contributed by atoms with Crippen molar-refractivity contribution in [3.63, 3.8) is 0 Å². The Morgan fingerprint density at radius 1 is 1.43 bits per heavy atom. The van der Waals surface area contributed by atoms with Gasteiger partial charge in [0.1, 0.15) is 0 Å². The van der Waals surface area contributed by atoms with Crippen molar-refractivity contribution in [3.05, 3.63) is 30.0 Å². The zero-order valence-electron chi connectivity index (χ0n) is 12.2. The minimum absolute atomic E-state index is 0.0662. The van der Waals surface area contributed by atoms with Crippen LogP contribution in [0.25, 0.3) is 10.9 Å². The first-order valence-electron chi connectivity index (χ1n) is 7.49. The molecule has 4 nitrogen and oxygen atoms in total. The zero-order chi connectivity index (χ0) is 14.8. The molecule has 1 aromatic carbocycles. The summed E-state index contributed by atoms with van der Waals surface area (Å²) in [7, 11) is 1.87. The summed E-state index contributed by atoms with van der Waals surface area (Å²) in [6, 6.07) is 7.84. The Bertz CT molecular complexity index is 652. The molecule has 0 spiro atoms. The second kappa shape index (κ2) is 6.18. The number of halogens is 1. The van der Waals surface area contributed by atoms with Gasteiger partial charge in [-0.3, -0.25) is 9.48 Å². The number of rotatable bonds is 3. The molecule has 1 aliphatic rings. The van der Waals surface area contributed by atoms with Crippen LogP contribution in [0.15, 0.2) is 24.3 Å². The molecule has 1 N–H and O–H groups in total. The summed E-state index contributed by atoms with van der Waals surface area (Å²) < 4.78 is 1.76. The Balaban J connectivity index is 1.70. The second-order valence-corrected chi connectivity index (χ2v) is 7.12. The number of aryl methyl sites for hydroxylation is 1. The van der Waals surface area contributed by atoms with E-state index in [1.807, 2.05) is 31.3 Å². The number of amides is 1. The fourth-order valence-corrected chi connectivity index (χ4v) is 3.97. The van der Waals surface area contributed by atoms with E-state index in [9.17, 15) is 4.79 Å². The second-order valence-electron chi connectivity index (χ2n) is 5.83. The summed E-state index contributed by atoms with van der Waals surface area (Å²) in [5, 5.41) is 8.34. The highest BCUT2D eigenvalue weighted by molar-refractivity contribution is 9.09. The largest absolute Gasteiger partial charge is 0.350 e. The lowest BCUT2D eigenvalue weighted by Crippen LogP contribution is -2.32. The van der Waals surface area contributed by atoms with Gasteiger partial charge in [-0.2, -0.15) is 5.10 Å². The van der Waals surface area contributed by atoms with Gasteiger partial charge in [0.25, 0.3) is 5.91 Å². The molecule has 1 aromatic heterocycles. The number of carbonyl (C=O) groups is 1. The van der Waals surface area contributed by atoms with Gasteiger partial charge in [-0.25, -0.2) is 0 Å². The third-order valence-electron chi connectivity index (χ3n) is 4.24. The van der Waals surface area contributed by atoms with Crippen LogP contribution in [0, 0.1) is 5.92 Å². The SMILES string of the molecule is Cn1nc(C(=O)NCC2CCCC(Br)C2)c2ccccc21. The fourth-order valence-electron chi connectivity index (χ4n) is 3.11. The van der Waals surface area contributed by atoms with Gasteiger partial charge < -0.3 is 5.32 Å². The number of nitrogens with one attached hydrogen (secondary N) is 1. The molecule has 2 atom stereocenters. The summed E-state index contributed by atoms with van der Waals surface area (Å²) in [5.74, 6) is 0.505. The first-order valence-corrected chi connectivity index (χ1v) is 8.40. The number of nitrogens with zero attached hydrogens (tertiary/aromatic N) is 2. The summed E-state index contributed by atoms with van der Waals surface area (Å²) in [6.45, 7) is 0.742. The monoisotopic (exact) mass is 349 g/mol. The van der Waals surface area contributed by atoms with Gasteiger partial charge in [0, 0.05) is 23.8 Å². The Hall–Kier alpha value is -1.36.